The summed E-state index contributed by atoms with van der Waals surface area (Å²) in [6.45, 7) is 0. The molecule has 0 aliphatic rings. The van der Waals surface area contributed by atoms with Crippen molar-refractivity contribution in [2.24, 2.45) is 5.73 Å². The summed E-state index contributed by atoms with van der Waals surface area (Å²) in [5.41, 5.74) is 15.1. The monoisotopic (exact) mass is 303 g/mol. The number of nitrogen functional groups attached to an aromatic ring is 1. The van der Waals surface area contributed by atoms with Crippen LogP contribution >= 0.6 is 0 Å². The number of nitrogens with two attached hydrogens (primary N) is 2. The van der Waals surface area contributed by atoms with Crippen molar-refractivity contribution in [1.29, 1.82) is 0 Å². The van der Waals surface area contributed by atoms with Crippen LogP contribution < -0.4 is 11.5 Å². The van der Waals surface area contributed by atoms with Crippen LogP contribution in [-0.2, 0) is 0 Å². The molecule has 2 aromatic heterocycles. The van der Waals surface area contributed by atoms with Gasteiger partial charge in [-0.15, -0.1) is 10.2 Å². The number of primary amides is 1. The number of carbonyl (C=O) groups is 1. The Morgan fingerprint density at radius 1 is 1.09 bits per heavy atom. The van der Waals surface area contributed by atoms with Gasteiger partial charge in [0.05, 0.1) is 5.69 Å². The maximum Gasteiger partial charge on any atom is 0.271 e. The zero-order chi connectivity index (χ0) is 16.0. The molecular formula is C17H13N5O. The van der Waals surface area contributed by atoms with Crippen molar-refractivity contribution < 1.29 is 4.79 Å². The number of anilines is 1. The first kappa shape index (κ1) is 13.3. The number of hydrogen-bond donors (Lipinski definition) is 3. The molecule has 6 nitrogen and oxygen atoms in total. The van der Waals surface area contributed by atoms with Crippen molar-refractivity contribution in [1.82, 2.24) is 15.2 Å². The van der Waals surface area contributed by atoms with Crippen molar-refractivity contribution in [2.45, 2.75) is 0 Å². The van der Waals surface area contributed by atoms with Crippen molar-refractivity contribution in [3.05, 3.63) is 54.4 Å². The Kier molecular flexibility index (Phi) is 2.77. The van der Waals surface area contributed by atoms with Gasteiger partial charge in [0.15, 0.2) is 5.69 Å². The predicted molar refractivity (Wildman–Crippen MR) is 89.8 cm³/mol. The molecule has 0 aliphatic heterocycles. The van der Waals surface area contributed by atoms with Crippen LogP contribution in [0.1, 0.15) is 10.5 Å². The lowest BCUT2D eigenvalue weighted by molar-refractivity contribution is 0.0996. The first-order valence-electron chi connectivity index (χ1n) is 7.07. The summed E-state index contributed by atoms with van der Waals surface area (Å²) in [5.74, 6) is -0.685. The third-order valence-corrected chi connectivity index (χ3v) is 3.93. The van der Waals surface area contributed by atoms with Gasteiger partial charge in [-0.25, -0.2) is 0 Å². The van der Waals surface area contributed by atoms with Gasteiger partial charge in [0, 0.05) is 22.7 Å². The number of hydrogen-bond acceptors (Lipinski definition) is 4. The second kappa shape index (κ2) is 4.81. The fourth-order valence-electron chi connectivity index (χ4n) is 2.78. The molecule has 0 atom stereocenters. The van der Waals surface area contributed by atoms with Gasteiger partial charge in [-0.3, -0.25) is 4.79 Å². The van der Waals surface area contributed by atoms with Crippen molar-refractivity contribution in [3.63, 3.8) is 0 Å². The average molecular weight is 303 g/mol. The number of nitrogens with zero attached hydrogens (tertiary/aromatic N) is 2. The van der Waals surface area contributed by atoms with E-state index in [-0.39, 0.29) is 11.4 Å². The van der Waals surface area contributed by atoms with Gasteiger partial charge in [-0.2, -0.15) is 0 Å². The Morgan fingerprint density at radius 2 is 1.96 bits per heavy atom. The molecule has 0 bridgehead atoms. The van der Waals surface area contributed by atoms with E-state index in [0.717, 1.165) is 22.0 Å². The molecule has 0 saturated carbocycles. The van der Waals surface area contributed by atoms with E-state index in [1.54, 1.807) is 0 Å². The number of rotatable bonds is 2. The molecule has 2 aromatic carbocycles. The van der Waals surface area contributed by atoms with Crippen LogP contribution in [0.15, 0.2) is 48.7 Å². The maximum atomic E-state index is 11.4. The van der Waals surface area contributed by atoms with Crippen LogP contribution in [-0.4, -0.2) is 21.1 Å². The molecular weight excluding hydrogens is 290 g/mol. The van der Waals surface area contributed by atoms with Gasteiger partial charge < -0.3 is 16.5 Å². The third-order valence-electron chi connectivity index (χ3n) is 3.93. The van der Waals surface area contributed by atoms with Crippen LogP contribution in [0.5, 0.6) is 0 Å². The molecule has 0 radical (unpaired) electrons. The molecule has 0 saturated heterocycles. The average Bonchev–Trinajstić information content (AvgIpc) is 3.02. The number of nitrogens with one attached hydrogen (secondary N) is 1. The fourth-order valence-corrected chi connectivity index (χ4v) is 2.78. The number of aromatic amines is 1. The van der Waals surface area contributed by atoms with Gasteiger partial charge in [-0.1, -0.05) is 30.3 Å². The lowest BCUT2D eigenvalue weighted by Gasteiger charge is -2.09. The number of benzene rings is 2. The topological polar surface area (TPSA) is 111 Å². The van der Waals surface area contributed by atoms with Gasteiger partial charge in [-0.05, 0) is 23.1 Å². The van der Waals surface area contributed by atoms with E-state index in [2.05, 4.69) is 15.2 Å². The summed E-state index contributed by atoms with van der Waals surface area (Å²) in [7, 11) is 0. The highest BCUT2D eigenvalue weighted by molar-refractivity contribution is 6.07. The van der Waals surface area contributed by atoms with Crippen molar-refractivity contribution in [3.8, 4) is 11.1 Å². The van der Waals surface area contributed by atoms with E-state index in [9.17, 15) is 4.79 Å². The highest BCUT2D eigenvalue weighted by Crippen LogP contribution is 2.31. The minimum Gasteiger partial charge on any atom is -0.396 e. The second-order valence-electron chi connectivity index (χ2n) is 5.31. The normalized spacial score (nSPS) is 11.1. The van der Waals surface area contributed by atoms with E-state index < -0.39 is 5.91 Å². The summed E-state index contributed by atoms with van der Waals surface area (Å²) in [6, 6.07) is 13.7. The minimum absolute atomic E-state index is 0.00512. The lowest BCUT2D eigenvalue weighted by Crippen LogP contribution is -2.16. The number of amides is 1. The first-order valence-corrected chi connectivity index (χ1v) is 7.07. The van der Waals surface area contributed by atoms with Gasteiger partial charge in [0.1, 0.15) is 5.52 Å². The van der Waals surface area contributed by atoms with Crippen LogP contribution in [0.4, 0.5) is 5.69 Å². The second-order valence-corrected chi connectivity index (χ2v) is 5.31. The first-order chi connectivity index (χ1) is 11.1. The van der Waals surface area contributed by atoms with E-state index in [1.807, 2.05) is 48.7 Å². The highest BCUT2D eigenvalue weighted by Gasteiger charge is 2.15. The summed E-state index contributed by atoms with van der Waals surface area (Å²) >= 11 is 0. The number of aromatic nitrogens is 3. The third kappa shape index (κ3) is 2.00. The SMILES string of the molecule is NC(=O)c1nnc2c(-c3ccc4cc[nH]c4c3)cccc2c1N. The van der Waals surface area contributed by atoms with Crippen molar-refractivity contribution in [2.75, 3.05) is 5.73 Å². The number of carbonyl (C=O) groups excluding carboxylic acids is 1. The Labute approximate surface area is 131 Å². The molecule has 23 heavy (non-hydrogen) atoms. The van der Waals surface area contributed by atoms with E-state index >= 15 is 0 Å². The summed E-state index contributed by atoms with van der Waals surface area (Å²) in [5, 5.41) is 9.85. The summed E-state index contributed by atoms with van der Waals surface area (Å²) in [6.07, 6.45) is 1.90. The molecule has 1 amide bonds. The van der Waals surface area contributed by atoms with E-state index in [4.69, 9.17) is 11.5 Å². The zero-order valence-corrected chi connectivity index (χ0v) is 12.1. The quantitative estimate of drug-likeness (QED) is 0.528. The molecule has 0 fully saturated rings. The summed E-state index contributed by atoms with van der Waals surface area (Å²) in [4.78, 5) is 14.6. The lowest BCUT2D eigenvalue weighted by atomic mass is 10.0. The summed E-state index contributed by atoms with van der Waals surface area (Å²) < 4.78 is 0. The van der Waals surface area contributed by atoms with Gasteiger partial charge in [0.25, 0.3) is 5.91 Å². The zero-order valence-electron chi connectivity index (χ0n) is 12.1. The van der Waals surface area contributed by atoms with Crippen molar-refractivity contribution >= 4 is 33.4 Å². The van der Waals surface area contributed by atoms with E-state index in [0.29, 0.717) is 10.9 Å². The smallest absolute Gasteiger partial charge is 0.271 e. The van der Waals surface area contributed by atoms with Crippen LogP contribution in [0.2, 0.25) is 0 Å². The molecule has 6 heteroatoms. The molecule has 2 heterocycles. The Hall–Kier alpha value is -3.41. The van der Waals surface area contributed by atoms with Crippen LogP contribution in [0, 0.1) is 0 Å². The van der Waals surface area contributed by atoms with Crippen LogP contribution in [0.3, 0.4) is 0 Å². The number of H-pyrrole nitrogens is 1. The minimum atomic E-state index is -0.685. The van der Waals surface area contributed by atoms with Gasteiger partial charge >= 0.3 is 0 Å². The maximum absolute atomic E-state index is 11.4. The molecule has 4 rings (SSSR count). The standard InChI is InChI=1S/C17H13N5O/c18-14-12-3-1-2-11(15(12)21-22-16(14)17(19)23)10-5-4-9-6-7-20-13(9)8-10/h1-8,20H,(H2,18,21)(H2,19,23). The Bertz CT molecular complexity index is 1070. The van der Waals surface area contributed by atoms with Gasteiger partial charge in [0.2, 0.25) is 0 Å². The molecule has 0 unspecified atom stereocenters. The predicted octanol–water partition coefficient (Wildman–Crippen LogP) is 2.46. The molecule has 0 aliphatic carbocycles. The Morgan fingerprint density at radius 3 is 2.78 bits per heavy atom. The highest BCUT2D eigenvalue weighted by atomic mass is 16.1. The molecule has 4 aromatic rings. The molecule has 112 valence electrons. The molecule has 0 spiro atoms. The number of fused-ring (bicyclic) bond motifs is 2. The Balaban J connectivity index is 2.00. The van der Waals surface area contributed by atoms with Crippen LogP contribution in [0.25, 0.3) is 32.9 Å². The fraction of sp³-hybridized carbons (Fsp3) is 0. The molecule has 5 N–H and O–H groups in total. The largest absolute Gasteiger partial charge is 0.396 e. The van der Waals surface area contributed by atoms with E-state index in [1.165, 1.54) is 0 Å².